The van der Waals surface area contributed by atoms with Crippen molar-refractivity contribution in [3.63, 3.8) is 0 Å². The predicted octanol–water partition coefficient (Wildman–Crippen LogP) is 1.67. The maximum atomic E-state index is 12.0. The number of amides is 1. The second-order valence-corrected chi connectivity index (χ2v) is 4.88. The molecular weight excluding hydrogens is 268 g/mol. The molecule has 1 saturated heterocycles. The van der Waals surface area contributed by atoms with Crippen molar-refractivity contribution in [1.82, 2.24) is 0 Å². The number of halogens is 1. The molecule has 0 radical (unpaired) electrons. The van der Waals surface area contributed by atoms with Crippen LogP contribution in [0.5, 0.6) is 11.5 Å². The van der Waals surface area contributed by atoms with Gasteiger partial charge in [-0.2, -0.15) is 0 Å². The van der Waals surface area contributed by atoms with Crippen molar-refractivity contribution in [2.75, 3.05) is 32.2 Å². The molecule has 2 N–H and O–H groups in total. The van der Waals surface area contributed by atoms with Gasteiger partial charge >= 0.3 is 0 Å². The highest BCUT2D eigenvalue weighted by Crippen LogP contribution is 2.40. The lowest BCUT2D eigenvalue weighted by Gasteiger charge is -2.20. The highest BCUT2D eigenvalue weighted by molar-refractivity contribution is 6.32. The van der Waals surface area contributed by atoms with Gasteiger partial charge in [-0.3, -0.25) is 4.79 Å². The monoisotopic (exact) mass is 284 g/mol. The Morgan fingerprint density at radius 1 is 1.37 bits per heavy atom. The van der Waals surface area contributed by atoms with Gasteiger partial charge in [0.25, 0.3) is 0 Å². The van der Waals surface area contributed by atoms with Crippen LogP contribution >= 0.6 is 11.6 Å². The fourth-order valence-electron chi connectivity index (χ4n) is 2.23. The zero-order chi connectivity index (χ0) is 14.0. The van der Waals surface area contributed by atoms with Crippen molar-refractivity contribution in [2.45, 2.75) is 6.42 Å². The van der Waals surface area contributed by atoms with Gasteiger partial charge in [0, 0.05) is 19.0 Å². The van der Waals surface area contributed by atoms with E-state index in [1.54, 1.807) is 24.1 Å². The van der Waals surface area contributed by atoms with Crippen LogP contribution in [0.4, 0.5) is 5.69 Å². The van der Waals surface area contributed by atoms with E-state index >= 15 is 0 Å². The quantitative estimate of drug-likeness (QED) is 0.913. The van der Waals surface area contributed by atoms with Crippen LogP contribution in [0.25, 0.3) is 0 Å². The molecule has 1 fully saturated rings. The molecule has 6 heteroatoms. The lowest BCUT2D eigenvalue weighted by Crippen LogP contribution is -2.26. The second-order valence-electron chi connectivity index (χ2n) is 4.47. The summed E-state index contributed by atoms with van der Waals surface area (Å²) in [5.41, 5.74) is 6.29. The van der Waals surface area contributed by atoms with Crippen LogP contribution in [0.1, 0.15) is 6.42 Å². The van der Waals surface area contributed by atoms with Crippen LogP contribution in [0, 0.1) is 5.92 Å². The number of hydrogen-bond acceptors (Lipinski definition) is 4. The number of benzene rings is 1. The first-order valence-corrected chi connectivity index (χ1v) is 6.40. The number of carbonyl (C=O) groups is 1. The lowest BCUT2D eigenvalue weighted by atomic mass is 10.1. The molecule has 1 unspecified atom stereocenters. The Morgan fingerprint density at radius 3 is 2.58 bits per heavy atom. The average Bonchev–Trinajstić information content (AvgIpc) is 2.79. The summed E-state index contributed by atoms with van der Waals surface area (Å²) >= 11 is 6.11. The molecule has 5 nitrogen and oxygen atoms in total. The van der Waals surface area contributed by atoms with Crippen LogP contribution in [0.15, 0.2) is 12.1 Å². The molecule has 19 heavy (non-hydrogen) atoms. The summed E-state index contributed by atoms with van der Waals surface area (Å²) < 4.78 is 10.4. The van der Waals surface area contributed by atoms with E-state index in [1.165, 1.54) is 7.11 Å². The summed E-state index contributed by atoms with van der Waals surface area (Å²) in [6.07, 6.45) is 0.462. The van der Waals surface area contributed by atoms with E-state index in [9.17, 15) is 4.79 Å². The minimum Gasteiger partial charge on any atom is -0.495 e. The van der Waals surface area contributed by atoms with Gasteiger partial charge in [0.2, 0.25) is 5.91 Å². The van der Waals surface area contributed by atoms with Crippen LogP contribution in [-0.4, -0.2) is 33.2 Å². The highest BCUT2D eigenvalue weighted by atomic mass is 35.5. The average molecular weight is 285 g/mol. The summed E-state index contributed by atoms with van der Waals surface area (Å²) in [5.74, 6) is 1.30. The molecule has 1 atom stereocenters. The molecule has 0 aliphatic carbocycles. The molecule has 1 aliphatic heterocycles. The number of nitrogens with zero attached hydrogens (tertiary/aromatic N) is 1. The Morgan fingerprint density at radius 2 is 2.05 bits per heavy atom. The Bertz CT molecular complexity index is 493. The number of methoxy groups -OCH3 is 2. The Balaban J connectivity index is 2.39. The molecule has 1 aromatic rings. The van der Waals surface area contributed by atoms with Gasteiger partial charge in [0.05, 0.1) is 24.9 Å². The molecule has 0 spiro atoms. The normalized spacial score (nSPS) is 18.8. The number of rotatable bonds is 4. The van der Waals surface area contributed by atoms with E-state index in [-0.39, 0.29) is 11.8 Å². The van der Waals surface area contributed by atoms with Gasteiger partial charge in [-0.15, -0.1) is 0 Å². The molecule has 2 rings (SSSR count). The minimum atomic E-state index is 0.0370. The van der Waals surface area contributed by atoms with Gasteiger partial charge in [0.1, 0.15) is 11.5 Å². The summed E-state index contributed by atoms with van der Waals surface area (Å²) in [6, 6.07) is 3.37. The number of ether oxygens (including phenoxy) is 2. The van der Waals surface area contributed by atoms with Crippen LogP contribution in [-0.2, 0) is 4.79 Å². The summed E-state index contributed by atoms with van der Waals surface area (Å²) in [6.45, 7) is 1.09. The maximum absolute atomic E-state index is 12.0. The van der Waals surface area contributed by atoms with E-state index in [2.05, 4.69) is 0 Å². The van der Waals surface area contributed by atoms with E-state index in [4.69, 9.17) is 26.8 Å². The second kappa shape index (κ2) is 5.67. The highest BCUT2D eigenvalue weighted by Gasteiger charge is 2.31. The van der Waals surface area contributed by atoms with Gasteiger partial charge in [-0.05, 0) is 18.5 Å². The van der Waals surface area contributed by atoms with Crippen molar-refractivity contribution in [2.24, 2.45) is 11.7 Å². The Hall–Kier alpha value is -1.46. The third kappa shape index (κ3) is 2.62. The number of carbonyl (C=O) groups excluding carboxylic acids is 1. The van der Waals surface area contributed by atoms with Crippen LogP contribution in [0.3, 0.4) is 0 Å². The number of hydrogen-bond donors (Lipinski definition) is 1. The van der Waals surface area contributed by atoms with Crippen molar-refractivity contribution < 1.29 is 14.3 Å². The third-order valence-electron chi connectivity index (χ3n) is 3.28. The zero-order valence-corrected chi connectivity index (χ0v) is 11.7. The first-order valence-electron chi connectivity index (χ1n) is 6.02. The maximum Gasteiger partial charge on any atom is 0.227 e. The molecule has 1 amide bonds. The van der Waals surface area contributed by atoms with Gasteiger partial charge in [-0.25, -0.2) is 0 Å². The van der Waals surface area contributed by atoms with E-state index in [0.29, 0.717) is 41.7 Å². The lowest BCUT2D eigenvalue weighted by molar-refractivity contribution is -0.117. The molecule has 1 aliphatic rings. The van der Waals surface area contributed by atoms with Crippen molar-refractivity contribution >= 4 is 23.2 Å². The topological polar surface area (TPSA) is 64.8 Å². The molecule has 1 aromatic carbocycles. The first kappa shape index (κ1) is 14.0. The van der Waals surface area contributed by atoms with Gasteiger partial charge in [-0.1, -0.05) is 11.6 Å². The molecule has 104 valence electrons. The molecule has 1 heterocycles. The molecule has 0 aromatic heterocycles. The third-order valence-corrected chi connectivity index (χ3v) is 3.58. The minimum absolute atomic E-state index is 0.0370. The summed E-state index contributed by atoms with van der Waals surface area (Å²) in [7, 11) is 3.08. The summed E-state index contributed by atoms with van der Waals surface area (Å²) in [4.78, 5) is 13.7. The molecule has 0 saturated carbocycles. The predicted molar refractivity (Wildman–Crippen MR) is 74.1 cm³/mol. The fourth-order valence-corrected chi connectivity index (χ4v) is 2.46. The molecular formula is C13H17ClN2O3. The number of nitrogens with two attached hydrogens (primary N) is 1. The molecule has 0 bridgehead atoms. The Labute approximate surface area is 117 Å². The smallest absolute Gasteiger partial charge is 0.227 e. The standard InChI is InChI=1S/C13H17ClN2O3/c1-18-11-5-12(19-2)10(4-9(11)14)16-7-8(6-15)3-13(16)17/h4-5,8H,3,6-7,15H2,1-2H3. The van der Waals surface area contributed by atoms with Gasteiger partial charge in [0.15, 0.2) is 0 Å². The zero-order valence-electron chi connectivity index (χ0n) is 11.0. The fraction of sp³-hybridized carbons (Fsp3) is 0.462. The first-order chi connectivity index (χ1) is 9.10. The van der Waals surface area contributed by atoms with Gasteiger partial charge < -0.3 is 20.1 Å². The van der Waals surface area contributed by atoms with Crippen molar-refractivity contribution in [3.05, 3.63) is 17.2 Å². The van der Waals surface area contributed by atoms with Crippen molar-refractivity contribution in [3.8, 4) is 11.5 Å². The number of anilines is 1. The SMILES string of the molecule is COc1cc(OC)c(N2CC(CN)CC2=O)cc1Cl. The van der Waals surface area contributed by atoms with Crippen LogP contribution < -0.4 is 20.1 Å². The summed E-state index contributed by atoms with van der Waals surface area (Å²) in [5, 5.41) is 0.447. The largest absolute Gasteiger partial charge is 0.495 e. The Kier molecular flexibility index (Phi) is 4.17. The van der Waals surface area contributed by atoms with E-state index < -0.39 is 0 Å². The van der Waals surface area contributed by atoms with E-state index in [1.807, 2.05) is 0 Å². The van der Waals surface area contributed by atoms with Crippen LogP contribution in [0.2, 0.25) is 5.02 Å². The van der Waals surface area contributed by atoms with Crippen molar-refractivity contribution in [1.29, 1.82) is 0 Å². The van der Waals surface area contributed by atoms with E-state index in [0.717, 1.165) is 0 Å².